The third kappa shape index (κ3) is 5.15. The molecule has 0 radical (unpaired) electrons. The number of nitrogens with one attached hydrogen (secondary N) is 1. The first-order valence-electron chi connectivity index (χ1n) is 10.1. The van der Waals surface area contributed by atoms with E-state index in [9.17, 15) is 4.79 Å². The molecule has 0 atom stereocenters. The summed E-state index contributed by atoms with van der Waals surface area (Å²) in [4.78, 5) is 17.2. The van der Waals surface area contributed by atoms with Gasteiger partial charge in [0, 0.05) is 43.3 Å². The van der Waals surface area contributed by atoms with E-state index in [0.717, 1.165) is 36.0 Å². The molecule has 7 nitrogen and oxygen atoms in total. The summed E-state index contributed by atoms with van der Waals surface area (Å²) in [5.74, 6) is 1.44. The average molecular weight is 458 g/mol. The summed E-state index contributed by atoms with van der Waals surface area (Å²) in [6.07, 6.45) is 0. The molecule has 0 spiro atoms. The maximum atomic E-state index is 13.0. The number of hydrogen-bond acceptors (Lipinski definition) is 5. The Hall–Kier alpha value is -2.68. The Morgan fingerprint density at radius 2 is 1.77 bits per heavy atom. The van der Waals surface area contributed by atoms with Crippen LogP contribution in [0.1, 0.15) is 5.56 Å². The molecule has 1 aromatic heterocycles. The standard InChI is InChI=1S/C22H24ClN5O2S/c1-30-19-8-4-17(5-9-19)21-24-25-22(31)28(21)15-20(29)27-12-10-26(11-13-27)14-16-2-6-18(23)7-3-16/h2-9H,10-15H2,1H3,(H,25,31). The van der Waals surface area contributed by atoms with Crippen molar-refractivity contribution < 1.29 is 9.53 Å². The van der Waals surface area contributed by atoms with E-state index in [0.29, 0.717) is 23.7 Å². The molecule has 1 saturated heterocycles. The van der Waals surface area contributed by atoms with Gasteiger partial charge in [0.25, 0.3) is 0 Å². The highest BCUT2D eigenvalue weighted by Crippen LogP contribution is 2.21. The maximum Gasteiger partial charge on any atom is 0.242 e. The third-order valence-corrected chi connectivity index (χ3v) is 6.01. The predicted octanol–water partition coefficient (Wildman–Crippen LogP) is 3.61. The number of halogens is 1. The SMILES string of the molecule is COc1ccc(-c2n[nH]c(=S)n2CC(=O)N2CCN(Cc3ccc(Cl)cc3)CC2)cc1. The van der Waals surface area contributed by atoms with Gasteiger partial charge in [-0.05, 0) is 54.2 Å². The van der Waals surface area contributed by atoms with Gasteiger partial charge in [-0.15, -0.1) is 0 Å². The van der Waals surface area contributed by atoms with Crippen molar-refractivity contribution in [3.8, 4) is 17.1 Å². The van der Waals surface area contributed by atoms with Gasteiger partial charge in [0.1, 0.15) is 12.3 Å². The van der Waals surface area contributed by atoms with E-state index in [4.69, 9.17) is 28.6 Å². The number of rotatable bonds is 6. The number of carbonyl (C=O) groups excluding carboxylic acids is 1. The second-order valence-electron chi connectivity index (χ2n) is 7.45. The number of hydrogen-bond donors (Lipinski definition) is 1. The minimum absolute atomic E-state index is 0.0402. The fraction of sp³-hybridized carbons (Fsp3) is 0.318. The molecule has 9 heteroatoms. The number of H-pyrrole nitrogens is 1. The van der Waals surface area contributed by atoms with Crippen molar-refractivity contribution in [1.29, 1.82) is 0 Å². The topological polar surface area (TPSA) is 66.4 Å². The Morgan fingerprint density at radius 3 is 2.42 bits per heavy atom. The van der Waals surface area contributed by atoms with E-state index in [1.807, 2.05) is 53.4 Å². The summed E-state index contributed by atoms with van der Waals surface area (Å²) in [5.41, 5.74) is 2.09. The second kappa shape index (κ2) is 9.64. The average Bonchev–Trinajstić information content (AvgIpc) is 3.16. The smallest absolute Gasteiger partial charge is 0.242 e. The number of aromatic amines is 1. The van der Waals surface area contributed by atoms with E-state index in [2.05, 4.69) is 15.1 Å². The molecular formula is C22H24ClN5O2S. The molecule has 1 aliphatic rings. The van der Waals surface area contributed by atoms with Crippen molar-refractivity contribution in [2.75, 3.05) is 33.3 Å². The Labute approximate surface area is 191 Å². The maximum absolute atomic E-state index is 13.0. The second-order valence-corrected chi connectivity index (χ2v) is 8.27. The Kier molecular flexibility index (Phi) is 6.70. The lowest BCUT2D eigenvalue weighted by Crippen LogP contribution is -2.49. The van der Waals surface area contributed by atoms with Gasteiger partial charge in [-0.1, -0.05) is 23.7 Å². The Morgan fingerprint density at radius 1 is 1.10 bits per heavy atom. The van der Waals surface area contributed by atoms with Crippen LogP contribution in [0.25, 0.3) is 11.4 Å². The predicted molar refractivity (Wildman–Crippen MR) is 123 cm³/mol. The number of ether oxygens (including phenoxy) is 1. The van der Waals surface area contributed by atoms with Crippen LogP contribution in [0.3, 0.4) is 0 Å². The van der Waals surface area contributed by atoms with Gasteiger partial charge in [0.15, 0.2) is 10.6 Å². The third-order valence-electron chi connectivity index (χ3n) is 5.44. The summed E-state index contributed by atoms with van der Waals surface area (Å²) in [6.45, 7) is 4.05. The summed E-state index contributed by atoms with van der Waals surface area (Å²) < 4.78 is 7.39. The first kappa shape index (κ1) is 21.5. The normalized spacial score (nSPS) is 14.6. The minimum Gasteiger partial charge on any atom is -0.497 e. The van der Waals surface area contributed by atoms with Crippen LogP contribution in [0.2, 0.25) is 5.02 Å². The van der Waals surface area contributed by atoms with Gasteiger partial charge < -0.3 is 9.64 Å². The van der Waals surface area contributed by atoms with Crippen LogP contribution in [0.15, 0.2) is 48.5 Å². The van der Waals surface area contributed by atoms with Crippen molar-refractivity contribution in [2.24, 2.45) is 0 Å². The van der Waals surface area contributed by atoms with E-state index in [1.54, 1.807) is 11.7 Å². The molecule has 2 aromatic carbocycles. The van der Waals surface area contributed by atoms with E-state index in [1.165, 1.54) is 5.56 Å². The fourth-order valence-corrected chi connectivity index (χ4v) is 3.99. The molecule has 3 aromatic rings. The van der Waals surface area contributed by atoms with Crippen LogP contribution in [-0.4, -0.2) is 63.8 Å². The van der Waals surface area contributed by atoms with Gasteiger partial charge in [-0.25, -0.2) is 0 Å². The molecule has 162 valence electrons. The monoisotopic (exact) mass is 457 g/mol. The van der Waals surface area contributed by atoms with Crippen molar-refractivity contribution in [3.05, 3.63) is 63.9 Å². The summed E-state index contributed by atoms with van der Waals surface area (Å²) in [7, 11) is 1.62. The van der Waals surface area contributed by atoms with Crippen molar-refractivity contribution >= 4 is 29.7 Å². The molecular weight excluding hydrogens is 434 g/mol. The van der Waals surface area contributed by atoms with Gasteiger partial charge in [-0.2, -0.15) is 5.10 Å². The molecule has 1 amide bonds. The molecule has 1 aliphatic heterocycles. The van der Waals surface area contributed by atoms with Gasteiger partial charge >= 0.3 is 0 Å². The van der Waals surface area contributed by atoms with Crippen molar-refractivity contribution in [1.82, 2.24) is 24.6 Å². The van der Waals surface area contributed by atoms with Crippen LogP contribution in [-0.2, 0) is 17.9 Å². The van der Waals surface area contributed by atoms with Crippen LogP contribution in [0.4, 0.5) is 0 Å². The number of piperazine rings is 1. The number of aromatic nitrogens is 3. The molecule has 0 saturated carbocycles. The molecule has 1 N–H and O–H groups in total. The summed E-state index contributed by atoms with van der Waals surface area (Å²) >= 11 is 11.3. The van der Waals surface area contributed by atoms with Crippen molar-refractivity contribution in [2.45, 2.75) is 13.1 Å². The number of amides is 1. The quantitative estimate of drug-likeness (QED) is 0.573. The zero-order valence-electron chi connectivity index (χ0n) is 17.3. The van der Waals surface area contributed by atoms with Crippen LogP contribution in [0, 0.1) is 4.77 Å². The van der Waals surface area contributed by atoms with Crippen LogP contribution in [0.5, 0.6) is 5.75 Å². The van der Waals surface area contributed by atoms with Gasteiger partial charge in [0.05, 0.1) is 7.11 Å². The van der Waals surface area contributed by atoms with Crippen molar-refractivity contribution in [3.63, 3.8) is 0 Å². The molecule has 31 heavy (non-hydrogen) atoms. The van der Waals surface area contributed by atoms with Gasteiger partial charge in [0.2, 0.25) is 5.91 Å². The lowest BCUT2D eigenvalue weighted by molar-refractivity contribution is -0.133. The lowest BCUT2D eigenvalue weighted by Gasteiger charge is -2.35. The van der Waals surface area contributed by atoms with Gasteiger partial charge in [-0.3, -0.25) is 19.4 Å². The number of carbonyl (C=O) groups is 1. The number of methoxy groups -OCH3 is 1. The molecule has 0 unspecified atom stereocenters. The molecule has 0 bridgehead atoms. The summed E-state index contributed by atoms with van der Waals surface area (Å²) in [6, 6.07) is 15.4. The largest absolute Gasteiger partial charge is 0.497 e. The molecule has 1 fully saturated rings. The minimum atomic E-state index is 0.0402. The number of benzene rings is 2. The van der Waals surface area contributed by atoms with Crippen LogP contribution >= 0.6 is 23.8 Å². The highest BCUT2D eigenvalue weighted by Gasteiger charge is 2.22. The zero-order chi connectivity index (χ0) is 21.8. The highest BCUT2D eigenvalue weighted by atomic mass is 35.5. The Bertz CT molecular complexity index is 1090. The molecule has 0 aliphatic carbocycles. The summed E-state index contributed by atoms with van der Waals surface area (Å²) in [5, 5.41) is 7.87. The first-order valence-corrected chi connectivity index (χ1v) is 10.9. The zero-order valence-corrected chi connectivity index (χ0v) is 18.8. The van der Waals surface area contributed by atoms with Crippen LogP contribution < -0.4 is 4.74 Å². The highest BCUT2D eigenvalue weighted by molar-refractivity contribution is 7.71. The fourth-order valence-electron chi connectivity index (χ4n) is 3.66. The lowest BCUT2D eigenvalue weighted by atomic mass is 10.2. The number of nitrogens with zero attached hydrogens (tertiary/aromatic N) is 4. The van der Waals surface area contributed by atoms with E-state index in [-0.39, 0.29) is 12.5 Å². The molecule has 2 heterocycles. The molecule has 4 rings (SSSR count). The first-order chi connectivity index (χ1) is 15.0. The Balaban J connectivity index is 1.37. The van der Waals surface area contributed by atoms with E-state index < -0.39 is 0 Å². The van der Waals surface area contributed by atoms with E-state index >= 15 is 0 Å².